The number of carbonyl (C=O) groups is 3. The van der Waals surface area contributed by atoms with E-state index in [2.05, 4.69) is 17.0 Å². The fourth-order valence-electron chi connectivity index (χ4n) is 4.52. The van der Waals surface area contributed by atoms with Crippen LogP contribution in [0, 0.1) is 0 Å². The first-order chi connectivity index (χ1) is 15.1. The van der Waals surface area contributed by atoms with Crippen LogP contribution in [0.5, 0.6) is 0 Å². The highest BCUT2D eigenvalue weighted by molar-refractivity contribution is 5.86. The Balaban J connectivity index is 1.28. The lowest BCUT2D eigenvalue weighted by Gasteiger charge is -2.39. The molecule has 1 aromatic rings. The second-order valence-electron chi connectivity index (χ2n) is 8.47. The molecule has 0 radical (unpaired) electrons. The minimum absolute atomic E-state index is 0.0453. The molecule has 1 aromatic carbocycles. The molecule has 31 heavy (non-hydrogen) atoms. The Morgan fingerprint density at radius 1 is 0.903 bits per heavy atom. The van der Waals surface area contributed by atoms with Crippen LogP contribution in [-0.4, -0.2) is 97.5 Å². The van der Waals surface area contributed by atoms with Crippen molar-refractivity contribution in [3.05, 3.63) is 30.3 Å². The molecule has 3 saturated heterocycles. The first kappa shape index (κ1) is 21.6. The zero-order valence-corrected chi connectivity index (χ0v) is 18.1. The lowest BCUT2D eigenvalue weighted by Crippen LogP contribution is -2.57. The molecule has 8 heteroatoms. The summed E-state index contributed by atoms with van der Waals surface area (Å²) in [6, 6.07) is 10.2. The molecule has 0 spiro atoms. The van der Waals surface area contributed by atoms with Crippen LogP contribution in [0.3, 0.4) is 0 Å². The van der Waals surface area contributed by atoms with Crippen molar-refractivity contribution in [2.24, 2.45) is 0 Å². The van der Waals surface area contributed by atoms with E-state index in [0.29, 0.717) is 39.2 Å². The number of amides is 3. The van der Waals surface area contributed by atoms with Crippen LogP contribution >= 0.6 is 0 Å². The highest BCUT2D eigenvalue weighted by atomic mass is 16.5. The smallest absolute Gasteiger partial charge is 0.253 e. The Hall–Kier alpha value is -2.61. The van der Waals surface area contributed by atoms with E-state index in [9.17, 15) is 14.4 Å². The standard InChI is InChI=1S/C23H32N4O4/c28-21-9-5-2-6-10-26(21)18-22(29)27-15-16-31-20(17-27)23(30)25-13-11-24(12-14-25)19-7-3-1-4-8-19/h1,3-4,7-8,20H,2,5-6,9-18H2/t20-/m1/s1. The van der Waals surface area contributed by atoms with Gasteiger partial charge in [0.25, 0.3) is 5.91 Å². The summed E-state index contributed by atoms with van der Waals surface area (Å²) in [5.74, 6) is -0.0793. The van der Waals surface area contributed by atoms with E-state index in [1.165, 1.54) is 5.69 Å². The fraction of sp³-hybridized carbons (Fsp3) is 0.609. The minimum Gasteiger partial charge on any atom is -0.368 e. The van der Waals surface area contributed by atoms with Crippen molar-refractivity contribution in [2.75, 3.05) is 63.9 Å². The molecule has 0 aliphatic carbocycles. The quantitative estimate of drug-likeness (QED) is 0.715. The van der Waals surface area contributed by atoms with Gasteiger partial charge in [-0.3, -0.25) is 14.4 Å². The summed E-state index contributed by atoms with van der Waals surface area (Å²) in [7, 11) is 0. The molecule has 3 aliphatic heterocycles. The number of ether oxygens (including phenoxy) is 1. The molecule has 8 nitrogen and oxygen atoms in total. The van der Waals surface area contributed by atoms with Gasteiger partial charge < -0.3 is 24.3 Å². The molecule has 3 aliphatic rings. The Labute approximate surface area is 183 Å². The van der Waals surface area contributed by atoms with E-state index in [-0.39, 0.29) is 30.8 Å². The van der Waals surface area contributed by atoms with Gasteiger partial charge in [-0.1, -0.05) is 24.6 Å². The average Bonchev–Trinajstić information content (AvgIpc) is 3.03. The summed E-state index contributed by atoms with van der Waals surface area (Å²) in [6.07, 6.45) is 2.77. The third kappa shape index (κ3) is 5.36. The molecule has 0 unspecified atom stereocenters. The molecule has 1 atom stereocenters. The molecule has 0 saturated carbocycles. The summed E-state index contributed by atoms with van der Waals surface area (Å²) in [6.45, 7) is 4.67. The monoisotopic (exact) mass is 428 g/mol. The van der Waals surface area contributed by atoms with E-state index >= 15 is 0 Å². The number of piperazine rings is 1. The van der Waals surface area contributed by atoms with Crippen LogP contribution < -0.4 is 4.90 Å². The fourth-order valence-corrected chi connectivity index (χ4v) is 4.52. The van der Waals surface area contributed by atoms with Crippen molar-refractivity contribution in [1.82, 2.24) is 14.7 Å². The molecule has 3 heterocycles. The van der Waals surface area contributed by atoms with E-state index in [4.69, 9.17) is 4.74 Å². The number of anilines is 1. The predicted molar refractivity (Wildman–Crippen MR) is 117 cm³/mol. The maximum absolute atomic E-state index is 13.0. The summed E-state index contributed by atoms with van der Waals surface area (Å²) in [5, 5.41) is 0. The number of benzene rings is 1. The number of carbonyl (C=O) groups excluding carboxylic acids is 3. The first-order valence-electron chi connectivity index (χ1n) is 11.4. The Morgan fingerprint density at radius 2 is 1.68 bits per heavy atom. The van der Waals surface area contributed by atoms with Crippen LogP contribution in [0.1, 0.15) is 25.7 Å². The van der Waals surface area contributed by atoms with Crippen LogP contribution in [0.25, 0.3) is 0 Å². The van der Waals surface area contributed by atoms with Gasteiger partial charge in [-0.05, 0) is 25.0 Å². The number of rotatable bonds is 4. The molecule has 0 aromatic heterocycles. The maximum Gasteiger partial charge on any atom is 0.253 e. The Morgan fingerprint density at radius 3 is 2.45 bits per heavy atom. The van der Waals surface area contributed by atoms with E-state index in [1.54, 1.807) is 9.80 Å². The van der Waals surface area contributed by atoms with Gasteiger partial charge >= 0.3 is 0 Å². The van der Waals surface area contributed by atoms with Crippen molar-refractivity contribution < 1.29 is 19.1 Å². The van der Waals surface area contributed by atoms with Gasteiger partial charge in [0, 0.05) is 51.4 Å². The lowest BCUT2D eigenvalue weighted by atomic mass is 10.2. The van der Waals surface area contributed by atoms with Crippen LogP contribution in [0.2, 0.25) is 0 Å². The van der Waals surface area contributed by atoms with Crippen molar-refractivity contribution >= 4 is 23.4 Å². The number of likely N-dealkylation sites (tertiary alicyclic amines) is 1. The zero-order chi connectivity index (χ0) is 21.6. The molecule has 0 bridgehead atoms. The lowest BCUT2D eigenvalue weighted by molar-refractivity contribution is -0.156. The van der Waals surface area contributed by atoms with Gasteiger partial charge in [-0.25, -0.2) is 0 Å². The summed E-state index contributed by atoms with van der Waals surface area (Å²) in [5.41, 5.74) is 1.17. The third-order valence-electron chi connectivity index (χ3n) is 6.40. The zero-order valence-electron chi connectivity index (χ0n) is 18.1. The minimum atomic E-state index is -0.624. The molecule has 0 N–H and O–H groups in total. The molecule has 4 rings (SSSR count). The third-order valence-corrected chi connectivity index (χ3v) is 6.40. The number of morpholine rings is 1. The normalized spacial score (nSPS) is 23.0. The van der Waals surface area contributed by atoms with E-state index in [0.717, 1.165) is 32.4 Å². The van der Waals surface area contributed by atoms with E-state index < -0.39 is 6.10 Å². The topological polar surface area (TPSA) is 73.4 Å². The van der Waals surface area contributed by atoms with Gasteiger partial charge in [0.2, 0.25) is 11.8 Å². The molecule has 3 amide bonds. The SMILES string of the molecule is O=C1CCCCCN1CC(=O)N1CCO[C@@H](C(=O)N2CCN(c3ccccc3)CC2)C1. The van der Waals surface area contributed by atoms with Crippen molar-refractivity contribution in [1.29, 1.82) is 0 Å². The van der Waals surface area contributed by atoms with Gasteiger partial charge in [-0.2, -0.15) is 0 Å². The summed E-state index contributed by atoms with van der Waals surface area (Å²) >= 11 is 0. The van der Waals surface area contributed by atoms with Gasteiger partial charge in [0.05, 0.1) is 19.7 Å². The predicted octanol–water partition coefficient (Wildman–Crippen LogP) is 0.965. The highest BCUT2D eigenvalue weighted by Crippen LogP contribution is 2.18. The molecular formula is C23H32N4O4. The second-order valence-corrected chi connectivity index (χ2v) is 8.47. The Bertz CT molecular complexity index is 779. The van der Waals surface area contributed by atoms with Crippen molar-refractivity contribution in [2.45, 2.75) is 31.8 Å². The van der Waals surface area contributed by atoms with E-state index in [1.807, 2.05) is 23.1 Å². The van der Waals surface area contributed by atoms with Crippen LogP contribution in [-0.2, 0) is 19.1 Å². The molecule has 3 fully saturated rings. The highest BCUT2D eigenvalue weighted by Gasteiger charge is 2.34. The van der Waals surface area contributed by atoms with Crippen molar-refractivity contribution in [3.63, 3.8) is 0 Å². The van der Waals surface area contributed by atoms with Gasteiger partial charge in [0.1, 0.15) is 0 Å². The Kier molecular flexibility index (Phi) is 7.06. The summed E-state index contributed by atoms with van der Waals surface area (Å²) in [4.78, 5) is 45.5. The van der Waals surface area contributed by atoms with Gasteiger partial charge in [-0.15, -0.1) is 0 Å². The van der Waals surface area contributed by atoms with Crippen LogP contribution in [0.15, 0.2) is 30.3 Å². The summed E-state index contributed by atoms with van der Waals surface area (Å²) < 4.78 is 5.74. The van der Waals surface area contributed by atoms with Gasteiger partial charge in [0.15, 0.2) is 6.10 Å². The number of hydrogen-bond donors (Lipinski definition) is 0. The number of nitrogens with zero attached hydrogens (tertiary/aromatic N) is 4. The second kappa shape index (κ2) is 10.1. The molecular weight excluding hydrogens is 396 g/mol. The van der Waals surface area contributed by atoms with Crippen molar-refractivity contribution in [3.8, 4) is 0 Å². The first-order valence-corrected chi connectivity index (χ1v) is 11.4. The maximum atomic E-state index is 13.0. The van der Waals surface area contributed by atoms with Crippen LogP contribution in [0.4, 0.5) is 5.69 Å². The molecule has 168 valence electrons. The average molecular weight is 429 g/mol. The number of hydrogen-bond acceptors (Lipinski definition) is 5. The number of para-hydroxylation sites is 1. The largest absolute Gasteiger partial charge is 0.368 e.